The van der Waals surface area contributed by atoms with Crippen molar-refractivity contribution in [3.05, 3.63) is 37.0 Å². The van der Waals surface area contributed by atoms with E-state index in [1.165, 1.54) is 6.21 Å². The van der Waals surface area contributed by atoms with Gasteiger partial charge in [-0.1, -0.05) is 12.2 Å². The summed E-state index contributed by atoms with van der Waals surface area (Å²) in [7, 11) is 0. The Morgan fingerprint density at radius 3 is 2.08 bits per heavy atom. The number of allylic oxidation sites excluding steroid dienone is 2. The Hall–Kier alpha value is -0.970. The van der Waals surface area contributed by atoms with Crippen LogP contribution in [0.4, 0.5) is 0 Å². The normalized spacial score (nSPS) is 33.9. The Labute approximate surface area is 171 Å². The standard InChI is InChI=1S/C18H14I2N2O3/c19-11-5-8(6-12(20)15(11)23)7-21-22-16(24)13-9-1-2-10(14(13)17(22)25)18(9)3-4-18/h1-2,5-7,9-10,13-14,23H,3-4H2/b21-7-/t9-,10-,13-,14+/m1/s1. The number of phenols is 1. The number of amides is 2. The van der Waals surface area contributed by atoms with Crippen LogP contribution in [0.25, 0.3) is 0 Å². The van der Waals surface area contributed by atoms with Gasteiger partial charge in [0, 0.05) is 0 Å². The van der Waals surface area contributed by atoms with E-state index in [0.29, 0.717) is 7.14 Å². The Bertz CT molecular complexity index is 833. The lowest BCUT2D eigenvalue weighted by Gasteiger charge is -2.18. The van der Waals surface area contributed by atoms with Crippen molar-refractivity contribution in [3.8, 4) is 5.75 Å². The molecular formula is C18H14I2N2O3. The second-order valence-corrected chi connectivity index (χ2v) is 9.61. The van der Waals surface area contributed by atoms with E-state index in [-0.39, 0.29) is 46.7 Å². The lowest BCUT2D eigenvalue weighted by molar-refractivity contribution is -0.141. The van der Waals surface area contributed by atoms with E-state index in [0.717, 1.165) is 23.4 Å². The molecule has 1 saturated heterocycles. The van der Waals surface area contributed by atoms with Crippen molar-refractivity contribution in [1.29, 1.82) is 0 Å². The number of carbonyl (C=O) groups is 2. The van der Waals surface area contributed by atoms with Gasteiger partial charge >= 0.3 is 0 Å². The van der Waals surface area contributed by atoms with Crippen LogP contribution in [0, 0.1) is 36.2 Å². The van der Waals surface area contributed by atoms with E-state index < -0.39 is 0 Å². The first-order chi connectivity index (χ1) is 11.9. The van der Waals surface area contributed by atoms with Crippen molar-refractivity contribution in [2.75, 3.05) is 0 Å². The van der Waals surface area contributed by atoms with Crippen molar-refractivity contribution >= 4 is 63.2 Å². The quantitative estimate of drug-likeness (QED) is 0.262. The molecule has 5 nitrogen and oxygen atoms in total. The second kappa shape index (κ2) is 5.28. The zero-order valence-corrected chi connectivity index (χ0v) is 17.3. The first-order valence-corrected chi connectivity index (χ1v) is 10.4. The number of benzene rings is 1. The fourth-order valence-corrected chi connectivity index (χ4v) is 6.78. The molecule has 128 valence electrons. The Morgan fingerprint density at radius 2 is 1.60 bits per heavy atom. The molecule has 4 aliphatic rings. The van der Waals surface area contributed by atoms with Crippen LogP contribution >= 0.6 is 45.2 Å². The largest absolute Gasteiger partial charge is 0.506 e. The number of halogens is 2. The SMILES string of the molecule is O=C1[C@@H]2[C@H](C(=O)N1/N=C\c1cc(I)c(O)c(I)c1)[C@H]1C=C[C@H]2C12CC2. The zero-order valence-electron chi connectivity index (χ0n) is 13.0. The van der Waals surface area contributed by atoms with Gasteiger partial charge in [-0.25, -0.2) is 0 Å². The molecule has 1 heterocycles. The number of hydrazone groups is 1. The molecule has 0 radical (unpaired) electrons. The highest BCUT2D eigenvalue weighted by Gasteiger charge is 2.73. The number of carbonyl (C=O) groups excluding carboxylic acids is 2. The summed E-state index contributed by atoms with van der Waals surface area (Å²) in [5.74, 6) is -0.0809. The van der Waals surface area contributed by atoms with Gasteiger partial charge in [0.2, 0.25) is 0 Å². The molecule has 5 rings (SSSR count). The molecule has 1 aliphatic heterocycles. The van der Waals surface area contributed by atoms with E-state index in [2.05, 4.69) is 17.3 Å². The molecule has 1 N–H and O–H groups in total. The second-order valence-electron chi connectivity index (χ2n) is 7.29. The number of fused-ring (bicyclic) bond motifs is 3. The fraction of sp³-hybridized carbons (Fsp3) is 0.389. The molecule has 7 heteroatoms. The summed E-state index contributed by atoms with van der Waals surface area (Å²) < 4.78 is 1.42. The van der Waals surface area contributed by atoms with Crippen molar-refractivity contribution in [3.63, 3.8) is 0 Å². The zero-order chi connectivity index (χ0) is 17.5. The van der Waals surface area contributed by atoms with Crippen LogP contribution in [0.2, 0.25) is 0 Å². The monoisotopic (exact) mass is 560 g/mol. The van der Waals surface area contributed by atoms with Crippen LogP contribution in [0.5, 0.6) is 5.75 Å². The predicted molar refractivity (Wildman–Crippen MR) is 108 cm³/mol. The van der Waals surface area contributed by atoms with Crippen LogP contribution in [0.3, 0.4) is 0 Å². The maximum atomic E-state index is 12.8. The Morgan fingerprint density at radius 1 is 1.08 bits per heavy atom. The van der Waals surface area contributed by atoms with Gasteiger partial charge in [0.25, 0.3) is 11.8 Å². The summed E-state index contributed by atoms with van der Waals surface area (Å²) in [5, 5.41) is 15.1. The number of hydrogen-bond donors (Lipinski definition) is 1. The summed E-state index contributed by atoms with van der Waals surface area (Å²) in [4.78, 5) is 25.7. The first-order valence-electron chi connectivity index (χ1n) is 8.22. The van der Waals surface area contributed by atoms with E-state index in [9.17, 15) is 14.7 Å². The van der Waals surface area contributed by atoms with Crippen molar-refractivity contribution in [2.45, 2.75) is 12.8 Å². The summed E-state index contributed by atoms with van der Waals surface area (Å²) >= 11 is 4.09. The molecule has 3 aliphatic carbocycles. The molecule has 3 fully saturated rings. The number of rotatable bonds is 2. The van der Waals surface area contributed by atoms with Gasteiger partial charge in [0.05, 0.1) is 25.2 Å². The van der Waals surface area contributed by atoms with Crippen LogP contribution in [0.15, 0.2) is 29.4 Å². The third kappa shape index (κ3) is 2.08. The maximum Gasteiger partial charge on any atom is 0.254 e. The minimum atomic E-state index is -0.220. The summed E-state index contributed by atoms with van der Waals surface area (Å²) in [6, 6.07) is 3.55. The smallest absolute Gasteiger partial charge is 0.254 e. The first kappa shape index (κ1) is 16.2. The van der Waals surface area contributed by atoms with Crippen molar-refractivity contribution in [2.24, 2.45) is 34.2 Å². The van der Waals surface area contributed by atoms with Crippen LogP contribution in [0.1, 0.15) is 18.4 Å². The van der Waals surface area contributed by atoms with Gasteiger partial charge in [0.15, 0.2) is 0 Å². The highest BCUT2D eigenvalue weighted by molar-refractivity contribution is 14.1. The molecule has 0 unspecified atom stereocenters. The Kier molecular flexibility index (Phi) is 3.42. The minimum absolute atomic E-state index is 0.155. The van der Waals surface area contributed by atoms with Crippen molar-refractivity contribution in [1.82, 2.24) is 5.01 Å². The number of hydrogen-bond acceptors (Lipinski definition) is 4. The predicted octanol–water partition coefficient (Wildman–Crippen LogP) is 3.13. The summed E-state index contributed by atoms with van der Waals surface area (Å²) in [6.07, 6.45) is 8.11. The van der Waals surface area contributed by atoms with Gasteiger partial charge in [-0.15, -0.1) is 0 Å². The van der Waals surface area contributed by atoms with Crippen LogP contribution < -0.4 is 0 Å². The van der Waals surface area contributed by atoms with Gasteiger partial charge in [0.1, 0.15) is 5.75 Å². The molecule has 2 amide bonds. The van der Waals surface area contributed by atoms with Gasteiger partial charge < -0.3 is 5.11 Å². The molecule has 2 bridgehead atoms. The molecule has 0 aromatic heterocycles. The molecule has 1 spiro atoms. The molecule has 4 atom stereocenters. The number of imide groups is 1. The lowest BCUT2D eigenvalue weighted by atomic mass is 9.85. The highest BCUT2D eigenvalue weighted by Crippen LogP contribution is 2.73. The topological polar surface area (TPSA) is 70.0 Å². The van der Waals surface area contributed by atoms with E-state index in [1.54, 1.807) is 12.1 Å². The van der Waals surface area contributed by atoms with E-state index in [1.807, 2.05) is 45.2 Å². The van der Waals surface area contributed by atoms with Crippen molar-refractivity contribution < 1.29 is 14.7 Å². The van der Waals surface area contributed by atoms with E-state index >= 15 is 0 Å². The van der Waals surface area contributed by atoms with Gasteiger partial charge in [-0.3, -0.25) is 9.59 Å². The van der Waals surface area contributed by atoms with Gasteiger partial charge in [-0.05, 0) is 93.0 Å². The van der Waals surface area contributed by atoms with E-state index in [4.69, 9.17) is 0 Å². The summed E-state index contributed by atoms with van der Waals surface area (Å²) in [5.41, 5.74) is 0.962. The maximum absolute atomic E-state index is 12.8. The lowest BCUT2D eigenvalue weighted by Crippen LogP contribution is -2.30. The van der Waals surface area contributed by atoms with Crippen LogP contribution in [-0.4, -0.2) is 28.1 Å². The average molecular weight is 560 g/mol. The number of phenolic OH excluding ortho intramolecular Hbond substituents is 1. The third-order valence-corrected chi connectivity index (χ3v) is 7.84. The molecular weight excluding hydrogens is 546 g/mol. The molecule has 25 heavy (non-hydrogen) atoms. The average Bonchev–Trinajstić information content (AvgIpc) is 3.18. The van der Waals surface area contributed by atoms with Crippen LogP contribution in [-0.2, 0) is 9.59 Å². The highest BCUT2D eigenvalue weighted by atomic mass is 127. The molecule has 1 aromatic carbocycles. The number of aromatic hydroxyl groups is 1. The molecule has 1 aromatic rings. The minimum Gasteiger partial charge on any atom is -0.506 e. The third-order valence-electron chi connectivity index (χ3n) is 6.19. The summed E-state index contributed by atoms with van der Waals surface area (Å²) in [6.45, 7) is 0. The number of nitrogens with zero attached hydrogens (tertiary/aromatic N) is 2. The molecule has 2 saturated carbocycles. The Balaban J connectivity index is 1.44. The fourth-order valence-electron chi connectivity index (χ4n) is 4.96. The van der Waals surface area contributed by atoms with Gasteiger partial charge in [-0.2, -0.15) is 10.1 Å².